The van der Waals surface area contributed by atoms with Gasteiger partial charge < -0.3 is 5.32 Å². The molecule has 0 saturated carbocycles. The van der Waals surface area contributed by atoms with Gasteiger partial charge in [0.1, 0.15) is 0 Å². The zero-order chi connectivity index (χ0) is 18.6. The number of anilines is 1. The lowest BCUT2D eigenvalue weighted by Crippen LogP contribution is -2.13. The van der Waals surface area contributed by atoms with Crippen LogP contribution in [0.3, 0.4) is 0 Å². The normalized spacial score (nSPS) is 14.6. The van der Waals surface area contributed by atoms with Gasteiger partial charge in [0.25, 0.3) is 5.91 Å². The zero-order valence-corrected chi connectivity index (χ0v) is 16.0. The van der Waals surface area contributed by atoms with Crippen LogP contribution in [0.25, 0.3) is 0 Å². The Hall–Kier alpha value is -3.05. The number of carbonyl (C=O) groups excluding carboxylic acids is 1. The van der Waals surface area contributed by atoms with Crippen molar-refractivity contribution in [3.8, 4) is 0 Å². The van der Waals surface area contributed by atoms with Gasteiger partial charge in [-0.1, -0.05) is 70.5 Å². The maximum Gasteiger partial charge on any atom is 0.276 e. The Morgan fingerprint density at radius 1 is 0.926 bits per heavy atom. The summed E-state index contributed by atoms with van der Waals surface area (Å²) in [6.07, 6.45) is 2.55. The molecule has 3 aromatic rings. The highest BCUT2D eigenvalue weighted by molar-refractivity contribution is 9.10. The second-order valence-electron chi connectivity index (χ2n) is 6.24. The Balaban J connectivity index is 1.48. The quantitative estimate of drug-likeness (QED) is 0.480. The average molecular weight is 418 g/mol. The Morgan fingerprint density at radius 3 is 2.44 bits per heavy atom. The van der Waals surface area contributed by atoms with Crippen LogP contribution in [0.5, 0.6) is 0 Å². The van der Waals surface area contributed by atoms with E-state index < -0.39 is 0 Å². The number of rotatable bonds is 4. The predicted molar refractivity (Wildman–Crippen MR) is 113 cm³/mol. The number of halogens is 1. The van der Waals surface area contributed by atoms with Gasteiger partial charge in [-0.2, -0.15) is 5.10 Å². The number of fused-ring (bicyclic) bond motifs is 1. The lowest BCUT2D eigenvalue weighted by atomic mass is 10.0. The third kappa shape index (κ3) is 4.04. The summed E-state index contributed by atoms with van der Waals surface area (Å²) >= 11 is 3.42. The first-order valence-electron chi connectivity index (χ1n) is 8.54. The maximum atomic E-state index is 12.1. The molecule has 1 heterocycles. The summed E-state index contributed by atoms with van der Waals surface area (Å²) in [6.45, 7) is 0. The average Bonchev–Trinajstić information content (AvgIpc) is 2.99. The van der Waals surface area contributed by atoms with E-state index in [9.17, 15) is 4.79 Å². The molecule has 1 N–H and O–H groups in total. The molecule has 0 atom stereocenters. The molecular weight excluding hydrogens is 402 g/mol. The van der Waals surface area contributed by atoms with E-state index in [1.807, 2.05) is 48.5 Å². The second-order valence-corrected chi connectivity index (χ2v) is 7.16. The van der Waals surface area contributed by atoms with Crippen molar-refractivity contribution in [1.82, 2.24) is 0 Å². The van der Waals surface area contributed by atoms with Crippen LogP contribution in [0, 0.1) is 0 Å². The summed E-state index contributed by atoms with van der Waals surface area (Å²) in [5.41, 5.74) is 5.28. The van der Waals surface area contributed by atoms with Crippen LogP contribution < -0.4 is 5.32 Å². The molecule has 132 valence electrons. The SMILES string of the molecule is O=C1Nc2ccc(Br)cc2/C1=N\N=C\c1ccc(Cc2ccccc2)cc1. The molecule has 0 unspecified atom stereocenters. The predicted octanol–water partition coefficient (Wildman–Crippen LogP) is 4.82. The molecule has 5 heteroatoms. The molecule has 3 aromatic carbocycles. The Labute approximate surface area is 165 Å². The van der Waals surface area contributed by atoms with Gasteiger partial charge >= 0.3 is 0 Å². The third-order valence-electron chi connectivity index (χ3n) is 4.30. The van der Waals surface area contributed by atoms with Crippen molar-refractivity contribution in [3.05, 3.63) is 99.5 Å². The van der Waals surface area contributed by atoms with Crippen molar-refractivity contribution in [3.63, 3.8) is 0 Å². The number of hydrogen-bond donors (Lipinski definition) is 1. The number of carbonyl (C=O) groups is 1. The van der Waals surface area contributed by atoms with Crippen LogP contribution in [0.15, 0.2) is 87.5 Å². The number of benzene rings is 3. The van der Waals surface area contributed by atoms with Crippen molar-refractivity contribution in [2.45, 2.75) is 6.42 Å². The summed E-state index contributed by atoms with van der Waals surface area (Å²) in [6, 6.07) is 24.1. The summed E-state index contributed by atoms with van der Waals surface area (Å²) < 4.78 is 0.892. The van der Waals surface area contributed by atoms with Crippen LogP contribution in [-0.2, 0) is 11.2 Å². The van der Waals surface area contributed by atoms with Crippen LogP contribution in [0.2, 0.25) is 0 Å². The van der Waals surface area contributed by atoms with Crippen molar-refractivity contribution in [2.24, 2.45) is 10.2 Å². The molecule has 1 amide bonds. The van der Waals surface area contributed by atoms with E-state index in [1.165, 1.54) is 11.1 Å². The van der Waals surface area contributed by atoms with E-state index in [0.717, 1.165) is 27.7 Å². The molecule has 4 nitrogen and oxygen atoms in total. The minimum absolute atomic E-state index is 0.238. The molecule has 0 bridgehead atoms. The van der Waals surface area contributed by atoms with E-state index in [2.05, 4.69) is 55.7 Å². The van der Waals surface area contributed by atoms with Crippen LogP contribution in [0.4, 0.5) is 5.69 Å². The molecule has 0 radical (unpaired) electrons. The van der Waals surface area contributed by atoms with Gasteiger partial charge in [-0.25, -0.2) is 0 Å². The summed E-state index contributed by atoms with van der Waals surface area (Å²) in [5, 5.41) is 11.0. The smallest absolute Gasteiger partial charge is 0.276 e. The topological polar surface area (TPSA) is 53.8 Å². The Bertz CT molecular complexity index is 1040. The zero-order valence-electron chi connectivity index (χ0n) is 14.4. The van der Waals surface area contributed by atoms with E-state index in [1.54, 1.807) is 6.21 Å². The van der Waals surface area contributed by atoms with Crippen molar-refractivity contribution >= 4 is 39.5 Å². The number of nitrogens with one attached hydrogen (secondary N) is 1. The fourth-order valence-electron chi connectivity index (χ4n) is 2.93. The second kappa shape index (κ2) is 7.68. The fourth-order valence-corrected chi connectivity index (χ4v) is 3.29. The van der Waals surface area contributed by atoms with Gasteiger partial charge in [0.15, 0.2) is 5.71 Å². The van der Waals surface area contributed by atoms with Gasteiger partial charge in [0.2, 0.25) is 0 Å². The molecule has 0 aliphatic carbocycles. The van der Waals surface area contributed by atoms with Crippen molar-refractivity contribution in [1.29, 1.82) is 0 Å². The van der Waals surface area contributed by atoms with Crippen molar-refractivity contribution < 1.29 is 4.79 Å². The summed E-state index contributed by atoms with van der Waals surface area (Å²) in [7, 11) is 0. The van der Waals surface area contributed by atoms with Gasteiger partial charge in [-0.3, -0.25) is 4.79 Å². The first-order valence-corrected chi connectivity index (χ1v) is 9.33. The van der Waals surface area contributed by atoms with E-state index in [0.29, 0.717) is 5.71 Å². The highest BCUT2D eigenvalue weighted by atomic mass is 79.9. The molecule has 4 rings (SSSR count). The Morgan fingerprint density at radius 2 is 1.67 bits per heavy atom. The third-order valence-corrected chi connectivity index (χ3v) is 4.79. The van der Waals surface area contributed by atoms with Gasteiger partial charge in [0, 0.05) is 10.0 Å². The summed E-state index contributed by atoms with van der Waals surface area (Å²) in [4.78, 5) is 12.1. The van der Waals surface area contributed by atoms with Crippen molar-refractivity contribution in [2.75, 3.05) is 5.32 Å². The number of hydrogen-bond acceptors (Lipinski definition) is 3. The van der Waals surface area contributed by atoms with Crippen LogP contribution in [-0.4, -0.2) is 17.8 Å². The molecule has 0 saturated heterocycles. The molecule has 0 aromatic heterocycles. The molecule has 0 spiro atoms. The standard InChI is InChI=1S/C22H16BrN3O/c23-18-10-11-20-19(13-18)21(22(27)25-20)26-24-14-17-8-6-16(7-9-17)12-15-4-2-1-3-5-15/h1-11,13-14H,12H2,(H,25,26,27)/b24-14+. The molecule has 1 aliphatic heterocycles. The molecule has 1 aliphatic rings. The first-order chi connectivity index (χ1) is 13.2. The van der Waals surface area contributed by atoms with Crippen LogP contribution in [0.1, 0.15) is 22.3 Å². The molecule has 0 fully saturated rings. The molecule has 27 heavy (non-hydrogen) atoms. The number of amides is 1. The monoisotopic (exact) mass is 417 g/mol. The highest BCUT2D eigenvalue weighted by Gasteiger charge is 2.26. The maximum absolute atomic E-state index is 12.1. The lowest BCUT2D eigenvalue weighted by Gasteiger charge is -2.02. The number of nitrogens with zero attached hydrogens (tertiary/aromatic N) is 2. The van der Waals surface area contributed by atoms with Gasteiger partial charge in [-0.05, 0) is 41.3 Å². The van der Waals surface area contributed by atoms with E-state index >= 15 is 0 Å². The Kier molecular flexibility index (Phi) is 4.94. The minimum Gasteiger partial charge on any atom is -0.320 e. The van der Waals surface area contributed by atoms with Crippen LogP contribution >= 0.6 is 15.9 Å². The van der Waals surface area contributed by atoms with E-state index in [-0.39, 0.29) is 5.91 Å². The first kappa shape index (κ1) is 17.4. The fraction of sp³-hybridized carbons (Fsp3) is 0.0455. The molecular formula is C22H16BrN3O. The largest absolute Gasteiger partial charge is 0.320 e. The minimum atomic E-state index is -0.238. The summed E-state index contributed by atoms with van der Waals surface area (Å²) in [5.74, 6) is -0.238. The highest BCUT2D eigenvalue weighted by Crippen LogP contribution is 2.26. The van der Waals surface area contributed by atoms with Gasteiger partial charge in [0.05, 0.1) is 11.9 Å². The lowest BCUT2D eigenvalue weighted by molar-refractivity contribution is -0.110. The van der Waals surface area contributed by atoms with Gasteiger partial charge in [-0.15, -0.1) is 5.10 Å². The van der Waals surface area contributed by atoms with E-state index in [4.69, 9.17) is 0 Å².